The Labute approximate surface area is 144 Å². The lowest BCUT2D eigenvalue weighted by Gasteiger charge is -2.29. The summed E-state index contributed by atoms with van der Waals surface area (Å²) in [4.78, 5) is 31.9. The van der Waals surface area contributed by atoms with Crippen molar-refractivity contribution in [1.82, 2.24) is 14.9 Å². The molecule has 1 amide bonds. The van der Waals surface area contributed by atoms with E-state index in [0.29, 0.717) is 16.6 Å². The fourth-order valence-corrected chi connectivity index (χ4v) is 4.04. The minimum atomic E-state index is -0.256. The third-order valence-corrected chi connectivity index (χ3v) is 5.19. The van der Waals surface area contributed by atoms with Crippen molar-refractivity contribution in [2.45, 2.75) is 19.3 Å². The Balaban J connectivity index is 1.55. The highest BCUT2D eigenvalue weighted by atomic mass is 16.2. The third-order valence-electron chi connectivity index (χ3n) is 5.19. The second-order valence-corrected chi connectivity index (χ2v) is 6.66. The van der Waals surface area contributed by atoms with E-state index >= 15 is 0 Å². The minimum absolute atomic E-state index is 0.00366. The molecule has 124 valence electrons. The van der Waals surface area contributed by atoms with E-state index in [2.05, 4.69) is 34.2 Å². The van der Waals surface area contributed by atoms with Gasteiger partial charge in [-0.1, -0.05) is 24.3 Å². The van der Waals surface area contributed by atoms with Crippen LogP contribution in [-0.4, -0.2) is 27.3 Å². The Hall–Kier alpha value is -3.08. The molecule has 3 aromatic rings. The van der Waals surface area contributed by atoms with E-state index in [0.717, 1.165) is 31.5 Å². The minimum Gasteiger partial charge on any atom is -0.311 e. The third kappa shape index (κ3) is 2.16. The van der Waals surface area contributed by atoms with E-state index in [4.69, 9.17) is 0 Å². The summed E-state index contributed by atoms with van der Waals surface area (Å²) in [7, 11) is 0. The summed E-state index contributed by atoms with van der Waals surface area (Å²) in [6.45, 7) is 0.743. The van der Waals surface area contributed by atoms with E-state index in [1.54, 1.807) is 18.2 Å². The number of aromatic nitrogens is 2. The lowest BCUT2D eigenvalue weighted by molar-refractivity contribution is 0.0797. The summed E-state index contributed by atoms with van der Waals surface area (Å²) < 4.78 is 0. The van der Waals surface area contributed by atoms with Crippen molar-refractivity contribution in [2.75, 3.05) is 6.54 Å². The molecule has 0 saturated heterocycles. The molecule has 0 fully saturated rings. The zero-order valence-electron chi connectivity index (χ0n) is 13.6. The second-order valence-electron chi connectivity index (χ2n) is 6.66. The maximum atomic E-state index is 13.1. The zero-order chi connectivity index (χ0) is 17.0. The number of fused-ring (bicyclic) bond motifs is 3. The molecule has 5 rings (SSSR count). The molecule has 0 spiro atoms. The molecule has 0 unspecified atom stereocenters. The van der Waals surface area contributed by atoms with Crippen molar-refractivity contribution in [3.05, 3.63) is 75.3 Å². The SMILES string of the molecule is O=C(c1ccc2[nH]c(=O)[nH]c2c1)N1CCCC2=C1Cc1ccccc12. The van der Waals surface area contributed by atoms with Crippen molar-refractivity contribution in [3.8, 4) is 0 Å². The predicted octanol–water partition coefficient (Wildman–Crippen LogP) is 3.06. The van der Waals surface area contributed by atoms with Crippen LogP contribution >= 0.6 is 0 Å². The number of amides is 1. The quantitative estimate of drug-likeness (QED) is 0.719. The number of nitrogens with zero attached hydrogens (tertiary/aromatic N) is 1. The van der Waals surface area contributed by atoms with Gasteiger partial charge in [0.15, 0.2) is 0 Å². The highest BCUT2D eigenvalue weighted by Crippen LogP contribution is 2.40. The van der Waals surface area contributed by atoms with Gasteiger partial charge in [0.1, 0.15) is 0 Å². The highest BCUT2D eigenvalue weighted by molar-refractivity contribution is 5.99. The number of nitrogens with one attached hydrogen (secondary N) is 2. The van der Waals surface area contributed by atoms with Crippen LogP contribution in [0.2, 0.25) is 0 Å². The Kier molecular flexibility index (Phi) is 2.98. The lowest BCUT2D eigenvalue weighted by atomic mass is 9.99. The molecule has 0 radical (unpaired) electrons. The first-order chi connectivity index (χ1) is 12.2. The Morgan fingerprint density at radius 2 is 1.88 bits per heavy atom. The number of imidazole rings is 1. The van der Waals surface area contributed by atoms with E-state index in [1.165, 1.54) is 16.7 Å². The van der Waals surface area contributed by atoms with Gasteiger partial charge in [-0.2, -0.15) is 0 Å². The summed E-state index contributed by atoms with van der Waals surface area (Å²) in [6.07, 6.45) is 2.82. The van der Waals surface area contributed by atoms with Gasteiger partial charge in [0.05, 0.1) is 11.0 Å². The number of aromatic amines is 2. The summed E-state index contributed by atoms with van der Waals surface area (Å²) in [5.41, 5.74) is 6.77. The fourth-order valence-electron chi connectivity index (χ4n) is 4.04. The first kappa shape index (κ1) is 14.3. The van der Waals surface area contributed by atoms with Gasteiger partial charge in [0.2, 0.25) is 0 Å². The number of rotatable bonds is 1. The molecule has 5 heteroatoms. The van der Waals surface area contributed by atoms with E-state index < -0.39 is 0 Å². The Bertz CT molecular complexity index is 1100. The molecule has 25 heavy (non-hydrogen) atoms. The number of H-pyrrole nitrogens is 2. The van der Waals surface area contributed by atoms with Gasteiger partial charge < -0.3 is 14.9 Å². The standard InChI is InChI=1S/C20H17N3O2/c24-19(13-7-8-16-17(10-13)22-20(25)21-16)23-9-3-6-15-14-5-2-1-4-12(14)11-18(15)23/h1-2,4-5,7-8,10H,3,6,9,11H2,(H2,21,22,25). The average Bonchev–Trinajstić information content (AvgIpc) is 3.19. The molecule has 2 heterocycles. The monoisotopic (exact) mass is 331 g/mol. The molecule has 1 aliphatic heterocycles. The summed E-state index contributed by atoms with van der Waals surface area (Å²) in [5.74, 6) is 0.00366. The van der Waals surface area contributed by atoms with Crippen molar-refractivity contribution in [2.24, 2.45) is 0 Å². The van der Waals surface area contributed by atoms with Crippen molar-refractivity contribution >= 4 is 22.5 Å². The van der Waals surface area contributed by atoms with Crippen LogP contribution in [0, 0.1) is 0 Å². The van der Waals surface area contributed by atoms with Gasteiger partial charge in [-0.05, 0) is 47.7 Å². The smallest absolute Gasteiger partial charge is 0.311 e. The molecule has 0 atom stereocenters. The van der Waals surface area contributed by atoms with Crippen LogP contribution in [0.5, 0.6) is 0 Å². The first-order valence-corrected chi connectivity index (χ1v) is 8.55. The largest absolute Gasteiger partial charge is 0.323 e. The number of carbonyl (C=O) groups excluding carboxylic acids is 1. The van der Waals surface area contributed by atoms with Crippen LogP contribution in [0.3, 0.4) is 0 Å². The van der Waals surface area contributed by atoms with E-state index in [9.17, 15) is 9.59 Å². The van der Waals surface area contributed by atoms with Crippen molar-refractivity contribution in [1.29, 1.82) is 0 Å². The van der Waals surface area contributed by atoms with Crippen LogP contribution in [0.4, 0.5) is 0 Å². The highest BCUT2D eigenvalue weighted by Gasteiger charge is 2.31. The Morgan fingerprint density at radius 1 is 1.04 bits per heavy atom. The number of hydrogen-bond donors (Lipinski definition) is 2. The lowest BCUT2D eigenvalue weighted by Crippen LogP contribution is -2.34. The van der Waals surface area contributed by atoms with Crippen LogP contribution < -0.4 is 5.69 Å². The van der Waals surface area contributed by atoms with Gasteiger partial charge in [-0.3, -0.25) is 4.79 Å². The molecular weight excluding hydrogens is 314 g/mol. The van der Waals surface area contributed by atoms with Gasteiger partial charge >= 0.3 is 5.69 Å². The molecule has 1 aromatic heterocycles. The zero-order valence-corrected chi connectivity index (χ0v) is 13.6. The van der Waals surface area contributed by atoms with Gasteiger partial charge in [-0.25, -0.2) is 4.79 Å². The summed E-state index contributed by atoms with van der Waals surface area (Å²) in [6, 6.07) is 13.7. The maximum absolute atomic E-state index is 13.1. The number of allylic oxidation sites excluding steroid dienone is 2. The Morgan fingerprint density at radius 3 is 2.80 bits per heavy atom. The fraction of sp³-hybridized carbons (Fsp3) is 0.200. The van der Waals surface area contributed by atoms with Gasteiger partial charge in [0, 0.05) is 24.2 Å². The van der Waals surface area contributed by atoms with Crippen molar-refractivity contribution < 1.29 is 4.79 Å². The number of hydrogen-bond acceptors (Lipinski definition) is 2. The molecule has 2 aliphatic rings. The van der Waals surface area contributed by atoms with Crippen LogP contribution in [0.1, 0.15) is 34.3 Å². The normalized spacial score (nSPS) is 16.2. The maximum Gasteiger partial charge on any atom is 0.323 e. The van der Waals surface area contributed by atoms with Crippen LogP contribution in [0.25, 0.3) is 16.6 Å². The second kappa shape index (κ2) is 5.21. The van der Waals surface area contributed by atoms with Gasteiger partial charge in [-0.15, -0.1) is 0 Å². The topological polar surface area (TPSA) is 69.0 Å². The molecule has 1 aliphatic carbocycles. The summed E-state index contributed by atoms with van der Waals surface area (Å²) >= 11 is 0. The molecule has 2 aromatic carbocycles. The number of carbonyl (C=O) groups is 1. The predicted molar refractivity (Wildman–Crippen MR) is 96.3 cm³/mol. The van der Waals surface area contributed by atoms with E-state index in [1.807, 2.05) is 4.90 Å². The molecule has 0 saturated carbocycles. The molecule has 5 nitrogen and oxygen atoms in total. The molecule has 2 N–H and O–H groups in total. The first-order valence-electron chi connectivity index (χ1n) is 8.55. The van der Waals surface area contributed by atoms with E-state index in [-0.39, 0.29) is 11.6 Å². The van der Waals surface area contributed by atoms with Crippen molar-refractivity contribution in [3.63, 3.8) is 0 Å². The summed E-state index contributed by atoms with van der Waals surface area (Å²) in [5, 5.41) is 0. The average molecular weight is 331 g/mol. The van der Waals surface area contributed by atoms with Crippen LogP contribution in [-0.2, 0) is 6.42 Å². The van der Waals surface area contributed by atoms with Gasteiger partial charge in [0.25, 0.3) is 5.91 Å². The van der Waals surface area contributed by atoms with Crippen LogP contribution in [0.15, 0.2) is 53.0 Å². The number of benzene rings is 2. The molecule has 0 bridgehead atoms. The molecular formula is C20H17N3O2.